The van der Waals surface area contributed by atoms with Crippen LogP contribution in [0.2, 0.25) is 0 Å². The number of para-hydroxylation sites is 1. The lowest BCUT2D eigenvalue weighted by Gasteiger charge is -2.12. The van der Waals surface area contributed by atoms with Crippen molar-refractivity contribution in [2.45, 2.75) is 19.5 Å². The average molecular weight is 349 g/mol. The molecule has 130 valence electrons. The lowest BCUT2D eigenvalue weighted by atomic mass is 10.2. The number of anilines is 1. The predicted molar refractivity (Wildman–Crippen MR) is 94.7 cm³/mol. The van der Waals surface area contributed by atoms with Gasteiger partial charge in [-0.3, -0.25) is 9.88 Å². The first-order valence-electron chi connectivity index (χ1n) is 8.43. The van der Waals surface area contributed by atoms with Gasteiger partial charge in [0.25, 0.3) is 0 Å². The van der Waals surface area contributed by atoms with Crippen LogP contribution in [0.5, 0.6) is 0 Å². The molecule has 8 heteroatoms. The van der Waals surface area contributed by atoms with Gasteiger partial charge in [-0.15, -0.1) is 5.10 Å². The number of fused-ring (bicyclic) bond motifs is 4. The van der Waals surface area contributed by atoms with Gasteiger partial charge < -0.3 is 5.73 Å². The molecule has 0 bridgehead atoms. The zero-order chi connectivity index (χ0) is 17.7. The maximum Gasteiger partial charge on any atom is 0.223 e. The molecule has 0 aliphatic carbocycles. The number of benzene rings is 1. The van der Waals surface area contributed by atoms with Crippen LogP contribution < -0.4 is 5.73 Å². The number of nitrogens with two attached hydrogens (primary N) is 1. The molecule has 5 rings (SSSR count). The molecule has 0 saturated carbocycles. The smallest absolute Gasteiger partial charge is 0.223 e. The summed E-state index contributed by atoms with van der Waals surface area (Å²) in [5, 5.41) is 5.06. The Hall–Kier alpha value is -3.13. The highest BCUT2D eigenvalue weighted by molar-refractivity contribution is 5.92. The molecule has 3 aromatic heterocycles. The van der Waals surface area contributed by atoms with Gasteiger partial charge in [-0.25, -0.2) is 14.4 Å². The minimum atomic E-state index is -0.413. The van der Waals surface area contributed by atoms with Crippen molar-refractivity contribution in [3.05, 3.63) is 59.4 Å². The largest absolute Gasteiger partial charge is 0.368 e. The molecule has 0 radical (unpaired) electrons. The molecule has 4 aromatic rings. The van der Waals surface area contributed by atoms with Gasteiger partial charge in [-0.1, -0.05) is 12.1 Å². The first-order valence-corrected chi connectivity index (χ1v) is 8.43. The summed E-state index contributed by atoms with van der Waals surface area (Å²) in [6.07, 6.45) is 2.50. The second-order valence-electron chi connectivity index (χ2n) is 6.44. The fourth-order valence-electron chi connectivity index (χ4n) is 3.45. The second-order valence-corrected chi connectivity index (χ2v) is 6.44. The predicted octanol–water partition coefficient (Wildman–Crippen LogP) is 1.95. The minimum Gasteiger partial charge on any atom is -0.368 e. The summed E-state index contributed by atoms with van der Waals surface area (Å²) in [7, 11) is 0. The lowest BCUT2D eigenvalue weighted by Crippen LogP contribution is -2.20. The molecule has 0 fully saturated rings. The van der Waals surface area contributed by atoms with E-state index in [4.69, 9.17) is 5.73 Å². The molecule has 1 aliphatic rings. The van der Waals surface area contributed by atoms with E-state index in [1.165, 1.54) is 16.1 Å². The number of rotatable bonds is 3. The normalized spacial score (nSPS) is 14.3. The van der Waals surface area contributed by atoms with E-state index in [1.807, 2.05) is 12.3 Å². The highest BCUT2D eigenvalue weighted by Gasteiger charge is 2.20. The summed E-state index contributed by atoms with van der Waals surface area (Å²) in [5.74, 6) is 0.386. The quantitative estimate of drug-likeness (QED) is 0.608. The molecule has 0 atom stereocenters. The number of aromatic nitrogens is 5. The fourth-order valence-corrected chi connectivity index (χ4v) is 3.45. The third-order valence-corrected chi connectivity index (χ3v) is 4.73. The van der Waals surface area contributed by atoms with Gasteiger partial charge in [-0.2, -0.15) is 4.52 Å². The van der Waals surface area contributed by atoms with Crippen LogP contribution in [-0.2, 0) is 19.5 Å². The van der Waals surface area contributed by atoms with Gasteiger partial charge in [-0.05, 0) is 23.8 Å². The van der Waals surface area contributed by atoms with Crippen LogP contribution in [0, 0.1) is 5.82 Å². The highest BCUT2D eigenvalue weighted by atomic mass is 19.1. The summed E-state index contributed by atoms with van der Waals surface area (Å²) in [6.45, 7) is 2.53. The van der Waals surface area contributed by atoms with Gasteiger partial charge in [0.15, 0.2) is 11.5 Å². The van der Waals surface area contributed by atoms with E-state index >= 15 is 0 Å². The third kappa shape index (κ3) is 2.38. The maximum absolute atomic E-state index is 14.0. The maximum atomic E-state index is 14.0. The van der Waals surface area contributed by atoms with Gasteiger partial charge in [0, 0.05) is 37.6 Å². The molecular formula is C18H16FN7. The Kier molecular flexibility index (Phi) is 3.32. The SMILES string of the molecule is Nc1nc2c(F)cccc2c2nc(CCN3Cc4cccnc4C3)nn12. The highest BCUT2D eigenvalue weighted by Crippen LogP contribution is 2.23. The molecule has 0 spiro atoms. The van der Waals surface area contributed by atoms with Crippen LogP contribution in [0.4, 0.5) is 10.3 Å². The van der Waals surface area contributed by atoms with E-state index < -0.39 is 5.82 Å². The molecule has 0 unspecified atom stereocenters. The van der Waals surface area contributed by atoms with Crippen LogP contribution in [-0.4, -0.2) is 36.0 Å². The Morgan fingerprint density at radius 2 is 2.04 bits per heavy atom. The summed E-state index contributed by atoms with van der Waals surface area (Å²) in [4.78, 5) is 15.4. The van der Waals surface area contributed by atoms with Crippen molar-refractivity contribution in [1.82, 2.24) is 29.5 Å². The number of pyridine rings is 1. The molecule has 7 nitrogen and oxygen atoms in total. The zero-order valence-corrected chi connectivity index (χ0v) is 13.9. The minimum absolute atomic E-state index is 0.133. The van der Waals surface area contributed by atoms with Crippen molar-refractivity contribution in [2.24, 2.45) is 0 Å². The monoisotopic (exact) mass is 349 g/mol. The molecule has 4 heterocycles. The molecule has 2 N–H and O–H groups in total. The number of nitrogen functional groups attached to an aromatic ring is 1. The van der Waals surface area contributed by atoms with E-state index in [9.17, 15) is 4.39 Å². The van der Waals surface area contributed by atoms with Crippen molar-refractivity contribution < 1.29 is 4.39 Å². The number of hydrogen-bond donors (Lipinski definition) is 1. The van der Waals surface area contributed by atoms with E-state index in [-0.39, 0.29) is 11.5 Å². The summed E-state index contributed by atoms with van der Waals surface area (Å²) in [6, 6.07) is 8.85. The van der Waals surface area contributed by atoms with E-state index in [0.29, 0.717) is 23.3 Å². The van der Waals surface area contributed by atoms with Crippen LogP contribution in [0.15, 0.2) is 36.5 Å². The Morgan fingerprint density at radius 1 is 1.12 bits per heavy atom. The number of hydrogen-bond acceptors (Lipinski definition) is 6. The van der Waals surface area contributed by atoms with E-state index in [0.717, 1.165) is 25.3 Å². The van der Waals surface area contributed by atoms with Gasteiger partial charge in [0.1, 0.15) is 11.3 Å². The second kappa shape index (κ2) is 5.70. The summed E-state index contributed by atoms with van der Waals surface area (Å²) < 4.78 is 15.5. The fraction of sp³-hybridized carbons (Fsp3) is 0.222. The average Bonchev–Trinajstić information content (AvgIpc) is 3.25. The Morgan fingerprint density at radius 3 is 2.92 bits per heavy atom. The first kappa shape index (κ1) is 15.2. The molecular weight excluding hydrogens is 333 g/mol. The Bertz CT molecular complexity index is 1110. The number of halogens is 1. The number of nitrogens with zero attached hydrogens (tertiary/aromatic N) is 6. The van der Waals surface area contributed by atoms with Crippen molar-refractivity contribution in [3.63, 3.8) is 0 Å². The molecule has 1 aromatic carbocycles. The summed E-state index contributed by atoms with van der Waals surface area (Å²) in [5.41, 5.74) is 9.10. The zero-order valence-electron chi connectivity index (χ0n) is 13.9. The van der Waals surface area contributed by atoms with E-state index in [2.05, 4.69) is 31.0 Å². The topological polar surface area (TPSA) is 85.2 Å². The molecule has 0 amide bonds. The van der Waals surface area contributed by atoms with Crippen LogP contribution >= 0.6 is 0 Å². The lowest BCUT2D eigenvalue weighted by molar-refractivity contribution is 0.284. The Labute approximate surface area is 148 Å². The van der Waals surface area contributed by atoms with Crippen LogP contribution in [0.25, 0.3) is 16.6 Å². The van der Waals surface area contributed by atoms with Crippen molar-refractivity contribution in [3.8, 4) is 0 Å². The van der Waals surface area contributed by atoms with Crippen molar-refractivity contribution >= 4 is 22.5 Å². The van der Waals surface area contributed by atoms with Crippen LogP contribution in [0.1, 0.15) is 17.1 Å². The molecule has 0 saturated heterocycles. The molecule has 1 aliphatic heterocycles. The van der Waals surface area contributed by atoms with Gasteiger partial charge in [0.05, 0.1) is 5.69 Å². The molecule has 26 heavy (non-hydrogen) atoms. The third-order valence-electron chi connectivity index (χ3n) is 4.73. The van der Waals surface area contributed by atoms with Crippen molar-refractivity contribution in [1.29, 1.82) is 0 Å². The van der Waals surface area contributed by atoms with Crippen LogP contribution in [0.3, 0.4) is 0 Å². The Balaban J connectivity index is 1.43. The standard InChI is InChI=1S/C18H16FN7/c19-13-5-1-4-12-16(13)23-18(20)26-17(12)22-15(24-26)6-8-25-9-11-3-2-7-21-14(11)10-25/h1-5,7H,6,8-10H2,(H2,20,23). The van der Waals surface area contributed by atoms with E-state index in [1.54, 1.807) is 12.1 Å². The first-order chi connectivity index (χ1) is 12.7. The van der Waals surface area contributed by atoms with Gasteiger partial charge in [0.2, 0.25) is 5.95 Å². The van der Waals surface area contributed by atoms with Crippen molar-refractivity contribution in [2.75, 3.05) is 12.3 Å². The summed E-state index contributed by atoms with van der Waals surface area (Å²) >= 11 is 0. The van der Waals surface area contributed by atoms with Gasteiger partial charge >= 0.3 is 0 Å².